The Hall–Kier alpha value is -2.15. The molecule has 1 fully saturated rings. The van der Waals surface area contributed by atoms with Crippen LogP contribution >= 0.6 is 0 Å². The molecule has 0 radical (unpaired) electrons. The lowest BCUT2D eigenvalue weighted by molar-refractivity contribution is -0.124. The van der Waals surface area contributed by atoms with Crippen molar-refractivity contribution in [2.75, 3.05) is 46.0 Å². The van der Waals surface area contributed by atoms with Crippen LogP contribution in [-0.2, 0) is 16.1 Å². The van der Waals surface area contributed by atoms with E-state index in [9.17, 15) is 4.79 Å². The number of benzene rings is 2. The molecule has 6 nitrogen and oxygen atoms in total. The maximum atomic E-state index is 12.2. The van der Waals surface area contributed by atoms with Crippen molar-refractivity contribution in [3.63, 3.8) is 0 Å². The molecule has 3 rings (SSSR count). The number of hydrogen-bond acceptors (Lipinski definition) is 5. The van der Waals surface area contributed by atoms with Crippen molar-refractivity contribution in [2.45, 2.75) is 39.3 Å². The van der Waals surface area contributed by atoms with Crippen LogP contribution in [0.1, 0.15) is 32.8 Å². The first-order valence-corrected chi connectivity index (χ1v) is 10.9. The molecular weight excluding hydrogens is 378 g/mol. The third-order valence-corrected chi connectivity index (χ3v) is 5.10. The minimum atomic E-state index is -0.269. The second kappa shape index (κ2) is 10.8. The molecule has 30 heavy (non-hydrogen) atoms. The minimum absolute atomic E-state index is 0.0135. The molecule has 2 aromatic carbocycles. The predicted octanol–water partition coefficient (Wildman–Crippen LogP) is 2.95. The van der Waals surface area contributed by atoms with Crippen LogP contribution in [0.15, 0.2) is 36.4 Å². The summed E-state index contributed by atoms with van der Waals surface area (Å²) in [5.74, 6) is 0.651. The van der Waals surface area contributed by atoms with Gasteiger partial charge in [-0.25, -0.2) is 0 Å². The number of ether oxygens (including phenoxy) is 2. The molecule has 0 atom stereocenters. The van der Waals surface area contributed by atoms with Gasteiger partial charge < -0.3 is 20.1 Å². The number of carbonyl (C=O) groups is 1. The van der Waals surface area contributed by atoms with E-state index in [0.717, 1.165) is 62.5 Å². The molecule has 2 aromatic rings. The molecular formula is C24H35N3O3. The van der Waals surface area contributed by atoms with E-state index in [4.69, 9.17) is 9.47 Å². The van der Waals surface area contributed by atoms with Crippen molar-refractivity contribution in [3.8, 4) is 5.75 Å². The Kier molecular flexibility index (Phi) is 8.08. The molecule has 0 bridgehead atoms. The number of rotatable bonds is 9. The maximum absolute atomic E-state index is 12.2. The van der Waals surface area contributed by atoms with E-state index < -0.39 is 0 Å². The fourth-order valence-corrected chi connectivity index (χ4v) is 3.70. The van der Waals surface area contributed by atoms with Gasteiger partial charge in [0.1, 0.15) is 5.75 Å². The first-order chi connectivity index (χ1) is 14.4. The standard InChI is InChI=1S/C24H35N3O3/c1-24(2,3)26-23(28)18-30-22-10-9-19-7-4-5-8-20(19)21(22)17-25-11-6-12-27-13-15-29-16-14-27/h4-5,7-10,25H,6,11-18H2,1-3H3,(H,26,28). The summed E-state index contributed by atoms with van der Waals surface area (Å²) >= 11 is 0. The highest BCUT2D eigenvalue weighted by atomic mass is 16.5. The van der Waals surface area contributed by atoms with Crippen LogP contribution in [0.2, 0.25) is 0 Å². The fraction of sp³-hybridized carbons (Fsp3) is 0.542. The van der Waals surface area contributed by atoms with Crippen molar-refractivity contribution in [2.24, 2.45) is 0 Å². The van der Waals surface area contributed by atoms with Gasteiger partial charge in [-0.1, -0.05) is 30.3 Å². The Labute approximate surface area is 179 Å². The summed E-state index contributed by atoms with van der Waals surface area (Å²) in [5.41, 5.74) is 0.831. The van der Waals surface area contributed by atoms with Crippen LogP contribution in [0.3, 0.4) is 0 Å². The van der Waals surface area contributed by atoms with E-state index >= 15 is 0 Å². The van der Waals surface area contributed by atoms with Crippen LogP contribution in [-0.4, -0.2) is 62.3 Å². The summed E-state index contributed by atoms with van der Waals surface area (Å²) in [7, 11) is 0. The van der Waals surface area contributed by atoms with Gasteiger partial charge in [-0.3, -0.25) is 9.69 Å². The van der Waals surface area contributed by atoms with Gasteiger partial charge in [-0.05, 0) is 57.1 Å². The lowest BCUT2D eigenvalue weighted by Crippen LogP contribution is -2.43. The van der Waals surface area contributed by atoms with Crippen LogP contribution in [0.25, 0.3) is 10.8 Å². The number of fused-ring (bicyclic) bond motifs is 1. The number of nitrogens with one attached hydrogen (secondary N) is 2. The van der Waals surface area contributed by atoms with E-state index in [1.165, 1.54) is 5.39 Å². The van der Waals surface area contributed by atoms with Crippen molar-refractivity contribution in [1.82, 2.24) is 15.5 Å². The summed E-state index contributed by atoms with van der Waals surface area (Å²) < 4.78 is 11.3. The second-order valence-corrected chi connectivity index (χ2v) is 8.83. The summed E-state index contributed by atoms with van der Waals surface area (Å²) in [6.45, 7) is 12.4. The monoisotopic (exact) mass is 413 g/mol. The topological polar surface area (TPSA) is 62.8 Å². The first kappa shape index (κ1) is 22.5. The zero-order valence-corrected chi connectivity index (χ0v) is 18.5. The molecule has 1 saturated heterocycles. The van der Waals surface area contributed by atoms with Gasteiger partial charge in [-0.15, -0.1) is 0 Å². The number of morpholine rings is 1. The molecule has 6 heteroatoms. The van der Waals surface area contributed by atoms with Crippen LogP contribution in [0, 0.1) is 0 Å². The Bertz CT molecular complexity index is 826. The SMILES string of the molecule is CC(C)(C)NC(=O)COc1ccc2ccccc2c1CNCCCN1CCOCC1. The molecule has 1 heterocycles. The van der Waals surface area contributed by atoms with Gasteiger partial charge in [0.05, 0.1) is 13.2 Å². The number of hydrogen-bond donors (Lipinski definition) is 2. The smallest absolute Gasteiger partial charge is 0.258 e. The highest BCUT2D eigenvalue weighted by Gasteiger charge is 2.16. The van der Waals surface area contributed by atoms with Crippen molar-refractivity contribution >= 4 is 16.7 Å². The van der Waals surface area contributed by atoms with Crippen molar-refractivity contribution in [1.29, 1.82) is 0 Å². The van der Waals surface area contributed by atoms with Crippen molar-refractivity contribution < 1.29 is 14.3 Å². The highest BCUT2D eigenvalue weighted by molar-refractivity contribution is 5.88. The quantitative estimate of drug-likeness (QED) is 0.619. The lowest BCUT2D eigenvalue weighted by atomic mass is 10.0. The van der Waals surface area contributed by atoms with E-state index in [-0.39, 0.29) is 18.1 Å². The van der Waals surface area contributed by atoms with Crippen LogP contribution in [0.5, 0.6) is 5.75 Å². The van der Waals surface area contributed by atoms with Crippen LogP contribution < -0.4 is 15.4 Å². The number of nitrogens with zero attached hydrogens (tertiary/aromatic N) is 1. The molecule has 0 saturated carbocycles. The maximum Gasteiger partial charge on any atom is 0.258 e. The van der Waals surface area contributed by atoms with E-state index in [2.05, 4.69) is 27.7 Å². The zero-order chi connectivity index (χ0) is 21.4. The molecule has 1 amide bonds. The largest absolute Gasteiger partial charge is 0.483 e. The summed E-state index contributed by atoms with van der Waals surface area (Å²) in [6.07, 6.45) is 1.09. The predicted molar refractivity (Wildman–Crippen MR) is 121 cm³/mol. The van der Waals surface area contributed by atoms with Crippen LogP contribution in [0.4, 0.5) is 0 Å². The Morgan fingerprint density at radius 2 is 1.90 bits per heavy atom. The normalized spacial score (nSPS) is 15.3. The van der Waals surface area contributed by atoms with Crippen molar-refractivity contribution in [3.05, 3.63) is 42.0 Å². The van der Waals surface area contributed by atoms with Gasteiger partial charge in [0.25, 0.3) is 5.91 Å². The van der Waals surface area contributed by atoms with E-state index in [1.807, 2.05) is 45.0 Å². The molecule has 0 aromatic heterocycles. The average molecular weight is 414 g/mol. The Morgan fingerprint density at radius 1 is 1.13 bits per heavy atom. The fourth-order valence-electron chi connectivity index (χ4n) is 3.70. The summed E-state index contributed by atoms with van der Waals surface area (Å²) in [5, 5.41) is 8.84. The van der Waals surface area contributed by atoms with Gasteiger partial charge in [-0.2, -0.15) is 0 Å². The lowest BCUT2D eigenvalue weighted by Gasteiger charge is -2.26. The molecule has 1 aliphatic heterocycles. The molecule has 2 N–H and O–H groups in total. The van der Waals surface area contributed by atoms with Gasteiger partial charge in [0.15, 0.2) is 6.61 Å². The third kappa shape index (κ3) is 6.97. The minimum Gasteiger partial charge on any atom is -0.483 e. The zero-order valence-electron chi connectivity index (χ0n) is 18.5. The second-order valence-electron chi connectivity index (χ2n) is 8.83. The third-order valence-electron chi connectivity index (χ3n) is 5.10. The Balaban J connectivity index is 1.59. The molecule has 0 unspecified atom stereocenters. The van der Waals surface area contributed by atoms with Gasteiger partial charge in [0, 0.05) is 30.7 Å². The molecule has 164 valence electrons. The highest BCUT2D eigenvalue weighted by Crippen LogP contribution is 2.28. The first-order valence-electron chi connectivity index (χ1n) is 10.9. The summed E-state index contributed by atoms with van der Waals surface area (Å²) in [6, 6.07) is 12.3. The number of carbonyl (C=O) groups excluding carboxylic acids is 1. The van der Waals surface area contributed by atoms with Gasteiger partial charge >= 0.3 is 0 Å². The van der Waals surface area contributed by atoms with Gasteiger partial charge in [0.2, 0.25) is 0 Å². The Morgan fingerprint density at radius 3 is 2.67 bits per heavy atom. The molecule has 0 spiro atoms. The average Bonchev–Trinajstić information content (AvgIpc) is 2.72. The van der Waals surface area contributed by atoms with E-state index in [0.29, 0.717) is 6.54 Å². The summed E-state index contributed by atoms with van der Waals surface area (Å²) in [4.78, 5) is 14.6. The number of amides is 1. The molecule has 0 aliphatic carbocycles. The van der Waals surface area contributed by atoms with E-state index in [1.54, 1.807) is 0 Å². The molecule has 1 aliphatic rings.